The zero-order valence-corrected chi connectivity index (χ0v) is 18.3. The maximum atomic E-state index is 6.26. The van der Waals surface area contributed by atoms with Gasteiger partial charge in [0.15, 0.2) is 0 Å². The molecule has 4 N–H and O–H groups in total. The van der Waals surface area contributed by atoms with Gasteiger partial charge in [-0.3, -0.25) is 9.80 Å². The van der Waals surface area contributed by atoms with Crippen LogP contribution in [0.3, 0.4) is 0 Å². The third-order valence-electron chi connectivity index (χ3n) is 6.24. The average Bonchev–Trinajstić information content (AvgIpc) is 3.19. The molecule has 2 aliphatic heterocycles. The van der Waals surface area contributed by atoms with E-state index in [0.717, 1.165) is 45.8 Å². The average molecular weight is 385 g/mol. The number of nitrogens with zero attached hydrogens (tertiary/aromatic N) is 2. The molecule has 0 aromatic heterocycles. The predicted molar refractivity (Wildman–Crippen MR) is 112 cm³/mol. The van der Waals surface area contributed by atoms with Gasteiger partial charge in [0.1, 0.15) is 0 Å². The Labute approximate surface area is 166 Å². The lowest BCUT2D eigenvalue weighted by molar-refractivity contribution is 0.0255. The minimum absolute atomic E-state index is 0.143. The summed E-state index contributed by atoms with van der Waals surface area (Å²) in [6, 6.07) is 1.37. The Morgan fingerprint density at radius 2 is 1.44 bits per heavy atom. The van der Waals surface area contributed by atoms with Gasteiger partial charge < -0.3 is 20.9 Å². The van der Waals surface area contributed by atoms with Crippen LogP contribution in [0.1, 0.15) is 53.9 Å². The van der Waals surface area contributed by atoms with Gasteiger partial charge in [-0.2, -0.15) is 0 Å². The Morgan fingerprint density at radius 3 is 2.04 bits per heavy atom. The summed E-state index contributed by atoms with van der Waals surface area (Å²) < 4.78 is 12.1. The molecule has 27 heavy (non-hydrogen) atoms. The molecular formula is C21H44N4O2. The summed E-state index contributed by atoms with van der Waals surface area (Å²) in [5.41, 5.74) is 12.5. The van der Waals surface area contributed by atoms with Crippen molar-refractivity contribution in [2.45, 2.75) is 90.3 Å². The molecule has 2 fully saturated rings. The zero-order valence-electron chi connectivity index (χ0n) is 18.3. The van der Waals surface area contributed by atoms with Crippen LogP contribution in [0.5, 0.6) is 0 Å². The molecule has 6 unspecified atom stereocenters. The highest BCUT2D eigenvalue weighted by atomic mass is 16.5. The minimum atomic E-state index is 0.143. The number of nitrogens with two attached hydrogens (primary N) is 2. The molecule has 0 amide bonds. The third kappa shape index (κ3) is 6.94. The first-order valence-electron chi connectivity index (χ1n) is 11.0. The maximum Gasteiger partial charge on any atom is 0.0865 e. The fourth-order valence-electron chi connectivity index (χ4n) is 4.14. The van der Waals surface area contributed by atoms with E-state index in [1.165, 1.54) is 12.8 Å². The van der Waals surface area contributed by atoms with Crippen molar-refractivity contribution in [2.24, 2.45) is 17.4 Å². The van der Waals surface area contributed by atoms with Gasteiger partial charge in [-0.15, -0.1) is 0 Å². The van der Waals surface area contributed by atoms with E-state index >= 15 is 0 Å². The SMILES string of the molecule is CCCOC1CN(C(C)CCC(C)COC2CN(C(C)C)CC2N)CC1N. The Hall–Kier alpha value is -0.240. The lowest BCUT2D eigenvalue weighted by atomic mass is 10.0. The number of ether oxygens (including phenoxy) is 2. The quantitative estimate of drug-likeness (QED) is 0.564. The molecule has 6 heteroatoms. The second kappa shape index (κ2) is 11.1. The number of hydrogen-bond donors (Lipinski definition) is 2. The fraction of sp³-hybridized carbons (Fsp3) is 1.00. The molecule has 2 aliphatic rings. The second-order valence-electron chi connectivity index (χ2n) is 9.14. The van der Waals surface area contributed by atoms with E-state index in [2.05, 4.69) is 44.4 Å². The first-order valence-corrected chi connectivity index (χ1v) is 11.0. The molecule has 160 valence electrons. The summed E-state index contributed by atoms with van der Waals surface area (Å²) in [5.74, 6) is 0.552. The highest BCUT2D eigenvalue weighted by Crippen LogP contribution is 2.21. The first kappa shape index (κ1) is 23.0. The van der Waals surface area contributed by atoms with Crippen LogP contribution in [0.2, 0.25) is 0 Å². The summed E-state index contributed by atoms with van der Waals surface area (Å²) in [4.78, 5) is 4.90. The van der Waals surface area contributed by atoms with Crippen LogP contribution in [0, 0.1) is 5.92 Å². The van der Waals surface area contributed by atoms with Crippen molar-refractivity contribution in [3.63, 3.8) is 0 Å². The summed E-state index contributed by atoms with van der Waals surface area (Å²) in [7, 11) is 0. The van der Waals surface area contributed by atoms with Gasteiger partial charge in [-0.25, -0.2) is 0 Å². The standard InChI is InChI=1S/C21H44N4O2/c1-6-9-26-20-13-25(11-19(20)23)17(5)8-7-16(4)14-27-21-12-24(15(2)3)10-18(21)22/h15-21H,6-14,22-23H2,1-5H3. The van der Waals surface area contributed by atoms with Crippen LogP contribution in [0.25, 0.3) is 0 Å². The van der Waals surface area contributed by atoms with Crippen molar-refractivity contribution in [2.75, 3.05) is 39.4 Å². The molecule has 0 radical (unpaired) electrons. The number of rotatable bonds is 11. The van der Waals surface area contributed by atoms with Gasteiger partial charge in [0.25, 0.3) is 0 Å². The monoisotopic (exact) mass is 384 g/mol. The van der Waals surface area contributed by atoms with E-state index in [0.29, 0.717) is 18.0 Å². The molecule has 2 heterocycles. The molecule has 2 saturated heterocycles. The maximum absolute atomic E-state index is 6.26. The predicted octanol–water partition coefficient (Wildman–Crippen LogP) is 1.67. The summed E-state index contributed by atoms with van der Waals surface area (Å²) in [5, 5.41) is 0. The minimum Gasteiger partial charge on any atom is -0.375 e. The van der Waals surface area contributed by atoms with E-state index in [9.17, 15) is 0 Å². The van der Waals surface area contributed by atoms with Crippen LogP contribution in [0.4, 0.5) is 0 Å². The van der Waals surface area contributed by atoms with Gasteiger partial charge in [0.2, 0.25) is 0 Å². The molecule has 0 spiro atoms. The van der Waals surface area contributed by atoms with E-state index < -0.39 is 0 Å². The van der Waals surface area contributed by atoms with E-state index in [1.54, 1.807) is 0 Å². The molecule has 0 aromatic carbocycles. The van der Waals surface area contributed by atoms with Gasteiger partial charge in [-0.1, -0.05) is 13.8 Å². The molecule has 0 aliphatic carbocycles. The number of hydrogen-bond acceptors (Lipinski definition) is 6. The van der Waals surface area contributed by atoms with Crippen LogP contribution in [-0.2, 0) is 9.47 Å². The van der Waals surface area contributed by atoms with Crippen molar-refractivity contribution in [1.29, 1.82) is 0 Å². The Morgan fingerprint density at radius 1 is 0.852 bits per heavy atom. The number of likely N-dealkylation sites (tertiary alicyclic amines) is 2. The molecule has 0 aromatic rings. The van der Waals surface area contributed by atoms with Crippen molar-refractivity contribution < 1.29 is 9.47 Å². The van der Waals surface area contributed by atoms with Gasteiger partial charge >= 0.3 is 0 Å². The molecular weight excluding hydrogens is 340 g/mol. The van der Waals surface area contributed by atoms with Crippen LogP contribution >= 0.6 is 0 Å². The largest absolute Gasteiger partial charge is 0.375 e. The Kier molecular flexibility index (Phi) is 9.45. The van der Waals surface area contributed by atoms with Crippen LogP contribution in [0.15, 0.2) is 0 Å². The lowest BCUT2D eigenvalue weighted by Crippen LogP contribution is -2.36. The van der Waals surface area contributed by atoms with Crippen molar-refractivity contribution >= 4 is 0 Å². The first-order chi connectivity index (χ1) is 12.8. The van der Waals surface area contributed by atoms with Gasteiger partial charge in [0, 0.05) is 63.6 Å². The smallest absolute Gasteiger partial charge is 0.0865 e. The topological polar surface area (TPSA) is 77.0 Å². The summed E-state index contributed by atoms with van der Waals surface area (Å²) >= 11 is 0. The second-order valence-corrected chi connectivity index (χ2v) is 9.14. The molecule has 0 saturated carbocycles. The fourth-order valence-corrected chi connectivity index (χ4v) is 4.14. The zero-order chi connectivity index (χ0) is 20.0. The summed E-state index contributed by atoms with van der Waals surface area (Å²) in [6.45, 7) is 16.6. The molecule has 2 rings (SSSR count). The molecule has 6 atom stereocenters. The van der Waals surface area contributed by atoms with Gasteiger partial charge in [0.05, 0.1) is 12.2 Å². The molecule has 6 nitrogen and oxygen atoms in total. The lowest BCUT2D eigenvalue weighted by Gasteiger charge is -2.26. The van der Waals surface area contributed by atoms with Crippen LogP contribution in [-0.4, -0.2) is 85.6 Å². The van der Waals surface area contributed by atoms with E-state index in [4.69, 9.17) is 20.9 Å². The van der Waals surface area contributed by atoms with Crippen molar-refractivity contribution in [1.82, 2.24) is 9.80 Å². The van der Waals surface area contributed by atoms with Crippen molar-refractivity contribution in [3.05, 3.63) is 0 Å². The third-order valence-corrected chi connectivity index (χ3v) is 6.24. The highest BCUT2D eigenvalue weighted by Gasteiger charge is 2.34. The Balaban J connectivity index is 1.64. The normalized spacial score (nSPS) is 32.4. The molecule has 0 bridgehead atoms. The van der Waals surface area contributed by atoms with E-state index in [-0.39, 0.29) is 24.3 Å². The highest BCUT2D eigenvalue weighted by molar-refractivity contribution is 4.91. The summed E-state index contributed by atoms with van der Waals surface area (Å²) in [6.07, 6.45) is 3.77. The van der Waals surface area contributed by atoms with E-state index in [1.807, 2.05) is 0 Å². The van der Waals surface area contributed by atoms with Crippen molar-refractivity contribution in [3.8, 4) is 0 Å². The Bertz CT molecular complexity index is 423. The van der Waals surface area contributed by atoms with Gasteiger partial charge in [-0.05, 0) is 46.0 Å². The van der Waals surface area contributed by atoms with Crippen LogP contribution < -0.4 is 11.5 Å².